The molecule has 16 heavy (non-hydrogen) atoms. The van der Waals surface area contributed by atoms with Crippen molar-refractivity contribution in [1.29, 1.82) is 0 Å². The van der Waals surface area contributed by atoms with Crippen LogP contribution in [-0.2, 0) is 0 Å². The van der Waals surface area contributed by atoms with E-state index >= 15 is 0 Å². The zero-order valence-electron chi connectivity index (χ0n) is 9.55. The van der Waals surface area contributed by atoms with Gasteiger partial charge in [-0.05, 0) is 18.6 Å². The van der Waals surface area contributed by atoms with Gasteiger partial charge in [-0.1, -0.05) is 37.6 Å². The summed E-state index contributed by atoms with van der Waals surface area (Å²) < 4.78 is 1.41. The molecule has 84 valence electrons. The smallest absolute Gasteiger partial charge is 0.251 e. The van der Waals surface area contributed by atoms with Crippen molar-refractivity contribution in [3.8, 4) is 0 Å². The van der Waals surface area contributed by atoms with E-state index in [4.69, 9.17) is 0 Å². The number of para-hydroxylation sites is 1. The Labute approximate surface area is 94.3 Å². The van der Waals surface area contributed by atoms with E-state index in [2.05, 4.69) is 17.2 Å². The maximum absolute atomic E-state index is 12.1. The van der Waals surface area contributed by atoms with Gasteiger partial charge in [-0.2, -0.15) is 4.68 Å². The summed E-state index contributed by atoms with van der Waals surface area (Å²) in [7, 11) is 0. The summed E-state index contributed by atoms with van der Waals surface area (Å²) in [6, 6.07) is 7.50. The first-order valence-electron chi connectivity index (χ1n) is 5.58. The molecule has 0 aliphatic carbocycles. The molecule has 0 N–H and O–H groups in total. The van der Waals surface area contributed by atoms with Crippen molar-refractivity contribution in [1.82, 2.24) is 15.0 Å². The lowest BCUT2D eigenvalue weighted by atomic mass is 10.1. The molecule has 0 spiro atoms. The minimum atomic E-state index is -0.00453. The molecule has 1 atom stereocenters. The first kappa shape index (κ1) is 10.8. The van der Waals surface area contributed by atoms with Crippen LogP contribution in [0, 0.1) is 5.92 Å². The molecular formula is C12H15N3O. The monoisotopic (exact) mass is 217 g/mol. The highest BCUT2D eigenvalue weighted by molar-refractivity contribution is 5.89. The normalized spacial score (nSPS) is 12.9. The minimum Gasteiger partial charge on any atom is -0.272 e. The molecule has 0 saturated heterocycles. The summed E-state index contributed by atoms with van der Waals surface area (Å²) in [5.74, 6) is 0.0191. The molecule has 1 aromatic carbocycles. The molecule has 0 fully saturated rings. The number of benzene rings is 1. The molecule has 0 aliphatic heterocycles. The third-order valence-corrected chi connectivity index (χ3v) is 2.70. The van der Waals surface area contributed by atoms with E-state index in [1.165, 1.54) is 4.68 Å². The van der Waals surface area contributed by atoms with Gasteiger partial charge in [0.2, 0.25) is 0 Å². The van der Waals surface area contributed by atoms with E-state index in [9.17, 15) is 4.79 Å². The van der Waals surface area contributed by atoms with Gasteiger partial charge in [-0.3, -0.25) is 4.79 Å². The van der Waals surface area contributed by atoms with Crippen LogP contribution in [0.1, 0.15) is 31.5 Å². The van der Waals surface area contributed by atoms with E-state index in [-0.39, 0.29) is 11.8 Å². The van der Waals surface area contributed by atoms with E-state index in [1.54, 1.807) is 0 Å². The highest BCUT2D eigenvalue weighted by Crippen LogP contribution is 2.14. The van der Waals surface area contributed by atoms with Gasteiger partial charge in [0.05, 0.1) is 5.52 Å². The fraction of sp³-hybridized carbons (Fsp3) is 0.417. The molecule has 1 aromatic heterocycles. The van der Waals surface area contributed by atoms with E-state index < -0.39 is 0 Å². The van der Waals surface area contributed by atoms with Crippen molar-refractivity contribution in [2.75, 3.05) is 0 Å². The van der Waals surface area contributed by atoms with Crippen LogP contribution >= 0.6 is 0 Å². The number of carbonyl (C=O) groups is 1. The third kappa shape index (κ3) is 1.83. The Morgan fingerprint density at radius 1 is 1.44 bits per heavy atom. The van der Waals surface area contributed by atoms with Crippen LogP contribution < -0.4 is 0 Å². The van der Waals surface area contributed by atoms with Crippen LogP contribution in [0.2, 0.25) is 0 Å². The van der Waals surface area contributed by atoms with Gasteiger partial charge < -0.3 is 0 Å². The van der Waals surface area contributed by atoms with Gasteiger partial charge in [0, 0.05) is 5.92 Å². The predicted octanol–water partition coefficient (Wildman–Crippen LogP) is 2.51. The van der Waals surface area contributed by atoms with Crippen molar-refractivity contribution in [3.63, 3.8) is 0 Å². The average molecular weight is 217 g/mol. The SMILES string of the molecule is CCC[C@H](C)C(=O)n1nnc2ccccc21. The molecule has 0 aliphatic rings. The second-order valence-corrected chi connectivity index (χ2v) is 4.02. The van der Waals surface area contributed by atoms with Crippen LogP contribution in [0.25, 0.3) is 11.0 Å². The first-order chi connectivity index (χ1) is 7.74. The van der Waals surface area contributed by atoms with Gasteiger partial charge in [-0.25, -0.2) is 0 Å². The second-order valence-electron chi connectivity index (χ2n) is 4.02. The van der Waals surface area contributed by atoms with Gasteiger partial charge in [-0.15, -0.1) is 5.10 Å². The molecule has 0 radical (unpaired) electrons. The molecule has 0 bridgehead atoms. The summed E-state index contributed by atoms with van der Waals surface area (Å²) in [5, 5.41) is 7.89. The van der Waals surface area contributed by atoms with Gasteiger partial charge in [0.15, 0.2) is 0 Å². The molecule has 2 rings (SSSR count). The molecular weight excluding hydrogens is 202 g/mol. The molecule has 2 aromatic rings. The Morgan fingerprint density at radius 2 is 2.19 bits per heavy atom. The van der Waals surface area contributed by atoms with Gasteiger partial charge in [0.1, 0.15) is 5.52 Å². The lowest BCUT2D eigenvalue weighted by Crippen LogP contribution is -2.20. The van der Waals surface area contributed by atoms with Crippen LogP contribution in [0.15, 0.2) is 24.3 Å². The zero-order chi connectivity index (χ0) is 11.5. The zero-order valence-corrected chi connectivity index (χ0v) is 9.55. The second kappa shape index (κ2) is 4.43. The lowest BCUT2D eigenvalue weighted by molar-refractivity contribution is 0.0824. The number of rotatable bonds is 3. The first-order valence-corrected chi connectivity index (χ1v) is 5.58. The Morgan fingerprint density at radius 3 is 2.94 bits per heavy atom. The molecule has 0 saturated carbocycles. The van der Waals surface area contributed by atoms with Crippen molar-refractivity contribution in [2.24, 2.45) is 5.92 Å². The number of nitrogens with zero attached hydrogens (tertiary/aromatic N) is 3. The highest BCUT2D eigenvalue weighted by atomic mass is 16.2. The largest absolute Gasteiger partial charge is 0.272 e. The van der Waals surface area contributed by atoms with Crippen LogP contribution in [-0.4, -0.2) is 20.9 Å². The topological polar surface area (TPSA) is 47.8 Å². The Hall–Kier alpha value is -1.71. The summed E-state index contributed by atoms with van der Waals surface area (Å²) in [6.45, 7) is 4.01. The lowest BCUT2D eigenvalue weighted by Gasteiger charge is -2.08. The summed E-state index contributed by atoms with van der Waals surface area (Å²) >= 11 is 0. The third-order valence-electron chi connectivity index (χ3n) is 2.70. The summed E-state index contributed by atoms with van der Waals surface area (Å²) in [5.41, 5.74) is 1.55. The molecule has 1 heterocycles. The van der Waals surface area contributed by atoms with Crippen LogP contribution in [0.3, 0.4) is 0 Å². The maximum atomic E-state index is 12.1. The Bertz CT molecular complexity index is 504. The van der Waals surface area contributed by atoms with E-state index in [0.717, 1.165) is 23.9 Å². The highest BCUT2D eigenvalue weighted by Gasteiger charge is 2.17. The fourth-order valence-corrected chi connectivity index (χ4v) is 1.80. The van der Waals surface area contributed by atoms with Crippen molar-refractivity contribution in [2.45, 2.75) is 26.7 Å². The Kier molecular flexibility index (Phi) is 2.99. The number of aromatic nitrogens is 3. The van der Waals surface area contributed by atoms with E-state index in [1.807, 2.05) is 31.2 Å². The van der Waals surface area contributed by atoms with E-state index in [0.29, 0.717) is 0 Å². The van der Waals surface area contributed by atoms with Crippen molar-refractivity contribution in [3.05, 3.63) is 24.3 Å². The molecule has 4 nitrogen and oxygen atoms in total. The van der Waals surface area contributed by atoms with Gasteiger partial charge >= 0.3 is 0 Å². The van der Waals surface area contributed by atoms with Crippen molar-refractivity contribution < 1.29 is 4.79 Å². The molecule has 0 amide bonds. The summed E-state index contributed by atoms with van der Waals surface area (Å²) in [4.78, 5) is 12.1. The Balaban J connectivity index is 2.36. The number of hydrogen-bond acceptors (Lipinski definition) is 3. The predicted molar refractivity (Wildman–Crippen MR) is 62.2 cm³/mol. The number of fused-ring (bicyclic) bond motifs is 1. The van der Waals surface area contributed by atoms with Crippen LogP contribution in [0.4, 0.5) is 0 Å². The van der Waals surface area contributed by atoms with Crippen molar-refractivity contribution >= 4 is 16.9 Å². The number of hydrogen-bond donors (Lipinski definition) is 0. The summed E-state index contributed by atoms with van der Waals surface area (Å²) in [6.07, 6.45) is 1.88. The minimum absolute atomic E-state index is 0.00453. The quantitative estimate of drug-likeness (QED) is 0.793. The number of carbonyl (C=O) groups excluding carboxylic acids is 1. The maximum Gasteiger partial charge on any atom is 0.251 e. The van der Waals surface area contributed by atoms with Crippen LogP contribution in [0.5, 0.6) is 0 Å². The average Bonchev–Trinajstić information content (AvgIpc) is 2.72. The molecule has 4 heteroatoms. The fourth-order valence-electron chi connectivity index (χ4n) is 1.80. The van der Waals surface area contributed by atoms with Gasteiger partial charge in [0.25, 0.3) is 5.91 Å². The molecule has 0 unspecified atom stereocenters. The standard InChI is InChI=1S/C12H15N3O/c1-3-6-9(2)12(16)15-11-8-5-4-7-10(11)13-14-15/h4-5,7-9H,3,6H2,1-2H3/t9-/m0/s1.